The number of nitrogens with zero attached hydrogens (tertiary/aromatic N) is 1. The highest BCUT2D eigenvalue weighted by Crippen LogP contribution is 2.42. The molecule has 0 bridgehead atoms. The Labute approximate surface area is 139 Å². The molecule has 2 heterocycles. The van der Waals surface area contributed by atoms with Gasteiger partial charge in [-0.3, -0.25) is 4.90 Å². The molecule has 0 aliphatic carbocycles. The largest absolute Gasteiger partial charge is 0.412 e. The molecule has 0 amide bonds. The zero-order valence-electron chi connectivity index (χ0n) is 13.7. The summed E-state index contributed by atoms with van der Waals surface area (Å²) in [6, 6.07) is 1.27. The van der Waals surface area contributed by atoms with Crippen LogP contribution in [0.3, 0.4) is 0 Å². The lowest BCUT2D eigenvalue weighted by Gasteiger charge is -2.41. The summed E-state index contributed by atoms with van der Waals surface area (Å²) in [7, 11) is -1.65. The summed E-state index contributed by atoms with van der Waals surface area (Å²) in [5.74, 6) is 0. The summed E-state index contributed by atoms with van der Waals surface area (Å²) >= 11 is 2.35. The lowest BCUT2D eigenvalue weighted by molar-refractivity contribution is 0.0921. The van der Waals surface area contributed by atoms with E-state index >= 15 is 0 Å². The summed E-state index contributed by atoms with van der Waals surface area (Å²) in [4.78, 5) is 2.70. The Hall–Kier alpha value is 0.607. The minimum Gasteiger partial charge on any atom is -0.412 e. The van der Waals surface area contributed by atoms with Gasteiger partial charge < -0.3 is 4.43 Å². The second-order valence-electron chi connectivity index (χ2n) is 7.84. The van der Waals surface area contributed by atoms with E-state index in [9.17, 15) is 0 Å². The number of hydrogen-bond acceptors (Lipinski definition) is 2. The van der Waals surface area contributed by atoms with Crippen molar-refractivity contribution in [2.24, 2.45) is 0 Å². The fraction of sp³-hybridized carbons (Fsp3) is 0.875. The van der Waals surface area contributed by atoms with Crippen LogP contribution in [0, 0.1) is 0 Å². The molecule has 3 atom stereocenters. The molecule has 2 rings (SSSR count). The van der Waals surface area contributed by atoms with E-state index in [-0.39, 0.29) is 0 Å². The Morgan fingerprint density at radius 2 is 1.95 bits per heavy atom. The number of rotatable bonds is 3. The van der Waals surface area contributed by atoms with Crippen molar-refractivity contribution in [3.63, 3.8) is 0 Å². The molecule has 0 N–H and O–H groups in total. The maximum Gasteiger partial charge on any atom is 0.192 e. The van der Waals surface area contributed by atoms with Crippen LogP contribution in [0.25, 0.3) is 0 Å². The fourth-order valence-electron chi connectivity index (χ4n) is 3.28. The van der Waals surface area contributed by atoms with Gasteiger partial charge in [-0.05, 0) is 48.0 Å². The van der Waals surface area contributed by atoms with Crippen molar-refractivity contribution in [3.05, 3.63) is 10.2 Å². The van der Waals surface area contributed by atoms with Crippen molar-refractivity contribution in [3.8, 4) is 0 Å². The fourth-order valence-corrected chi connectivity index (χ4v) is 5.12. The first-order valence-corrected chi connectivity index (χ1v) is 12.1. The van der Waals surface area contributed by atoms with Crippen LogP contribution in [-0.4, -0.2) is 37.9 Å². The third kappa shape index (κ3) is 3.50. The molecule has 4 heteroatoms. The maximum atomic E-state index is 6.77. The van der Waals surface area contributed by atoms with Crippen LogP contribution in [0.5, 0.6) is 0 Å². The minimum absolute atomic E-state index is 0.309. The van der Waals surface area contributed by atoms with Gasteiger partial charge in [-0.1, -0.05) is 55.9 Å². The Kier molecular flexibility index (Phi) is 5.42. The van der Waals surface area contributed by atoms with E-state index < -0.39 is 8.32 Å². The third-order valence-corrected chi connectivity index (χ3v) is 10.4. The van der Waals surface area contributed by atoms with Crippen LogP contribution in [-0.2, 0) is 4.43 Å². The predicted molar refractivity (Wildman–Crippen MR) is 98.0 cm³/mol. The average molecular weight is 407 g/mol. The summed E-state index contributed by atoms with van der Waals surface area (Å²) in [5.41, 5.74) is 0. The Balaban J connectivity index is 2.12. The van der Waals surface area contributed by atoms with Crippen molar-refractivity contribution in [2.45, 2.75) is 82.8 Å². The molecule has 2 aliphatic heterocycles. The first kappa shape index (κ1) is 17.0. The van der Waals surface area contributed by atoms with Gasteiger partial charge in [0, 0.05) is 12.1 Å². The molecule has 0 aromatic carbocycles. The summed E-state index contributed by atoms with van der Waals surface area (Å²) < 4.78 is 8.95. The van der Waals surface area contributed by atoms with Crippen LogP contribution >= 0.6 is 22.6 Å². The van der Waals surface area contributed by atoms with Gasteiger partial charge in [0.05, 0.1) is 6.10 Å². The molecule has 0 saturated carbocycles. The molecular formula is C16H30INOSi. The molecule has 2 nitrogen and oxygen atoms in total. The van der Waals surface area contributed by atoms with Gasteiger partial charge in [-0.2, -0.15) is 0 Å². The molecule has 0 aromatic rings. The predicted octanol–water partition coefficient (Wildman–Crippen LogP) is 4.95. The van der Waals surface area contributed by atoms with Crippen molar-refractivity contribution in [2.75, 3.05) is 6.54 Å². The molecule has 0 spiro atoms. The molecule has 0 unspecified atom stereocenters. The Morgan fingerprint density at radius 1 is 1.25 bits per heavy atom. The Morgan fingerprint density at radius 3 is 2.55 bits per heavy atom. The van der Waals surface area contributed by atoms with Gasteiger partial charge in [0.1, 0.15) is 0 Å². The summed E-state index contributed by atoms with van der Waals surface area (Å²) in [6.07, 6.45) is 8.07. The van der Waals surface area contributed by atoms with Gasteiger partial charge in [0.15, 0.2) is 8.32 Å². The first-order chi connectivity index (χ1) is 9.26. The zero-order chi connectivity index (χ0) is 15.0. The number of fused-ring (bicyclic) bond motifs is 1. The van der Waals surface area contributed by atoms with Gasteiger partial charge in [-0.25, -0.2) is 0 Å². The van der Waals surface area contributed by atoms with Crippen molar-refractivity contribution < 1.29 is 4.43 Å². The van der Waals surface area contributed by atoms with Crippen LogP contribution in [0.15, 0.2) is 10.2 Å². The topological polar surface area (TPSA) is 12.5 Å². The SMILES string of the molecule is CC(C)(C)[Si](C)(C)O[C@@H]1C[C@@H](/C=C\I)N2CCCC[C@H]12. The normalized spacial score (nSPS) is 32.8. The van der Waals surface area contributed by atoms with Gasteiger partial charge in [0.2, 0.25) is 0 Å². The van der Waals surface area contributed by atoms with E-state index in [0.29, 0.717) is 23.2 Å². The van der Waals surface area contributed by atoms with E-state index in [1.807, 2.05) is 0 Å². The van der Waals surface area contributed by atoms with Crippen molar-refractivity contribution in [1.29, 1.82) is 0 Å². The molecular weight excluding hydrogens is 377 g/mol. The van der Waals surface area contributed by atoms with E-state index in [1.54, 1.807) is 0 Å². The van der Waals surface area contributed by atoms with E-state index in [4.69, 9.17) is 4.43 Å². The molecule has 0 aromatic heterocycles. The van der Waals surface area contributed by atoms with Crippen molar-refractivity contribution >= 4 is 30.9 Å². The average Bonchev–Trinajstić information content (AvgIpc) is 2.67. The Bertz CT molecular complexity index is 364. The lowest BCUT2D eigenvalue weighted by atomic mass is 10.0. The van der Waals surface area contributed by atoms with Crippen LogP contribution in [0.2, 0.25) is 18.1 Å². The van der Waals surface area contributed by atoms with E-state index in [1.165, 1.54) is 32.2 Å². The number of hydrogen-bond donors (Lipinski definition) is 0. The van der Waals surface area contributed by atoms with Crippen molar-refractivity contribution in [1.82, 2.24) is 4.90 Å². The number of piperidine rings is 1. The van der Waals surface area contributed by atoms with Gasteiger partial charge in [-0.15, -0.1) is 0 Å². The third-order valence-electron chi connectivity index (χ3n) is 5.47. The molecule has 116 valence electrons. The van der Waals surface area contributed by atoms with Crippen LogP contribution in [0.1, 0.15) is 46.5 Å². The van der Waals surface area contributed by atoms with Crippen LogP contribution < -0.4 is 0 Å². The highest BCUT2D eigenvalue weighted by Gasteiger charge is 2.46. The second kappa shape index (κ2) is 6.38. The first-order valence-electron chi connectivity index (χ1n) is 7.97. The molecule has 2 fully saturated rings. The summed E-state index contributed by atoms with van der Waals surface area (Å²) in [5, 5.41) is 0.309. The van der Waals surface area contributed by atoms with Gasteiger partial charge in [0.25, 0.3) is 0 Å². The van der Waals surface area contributed by atoms with E-state index in [0.717, 1.165) is 0 Å². The quantitative estimate of drug-likeness (QED) is 0.485. The minimum atomic E-state index is -1.65. The zero-order valence-corrected chi connectivity index (χ0v) is 16.8. The monoisotopic (exact) mass is 407 g/mol. The molecule has 0 radical (unpaired) electrons. The second-order valence-corrected chi connectivity index (χ2v) is 13.3. The molecule has 2 aliphatic rings. The number of halogens is 1. The highest BCUT2D eigenvalue weighted by molar-refractivity contribution is 14.1. The highest BCUT2D eigenvalue weighted by atomic mass is 127. The molecule has 2 saturated heterocycles. The summed E-state index contributed by atoms with van der Waals surface area (Å²) in [6.45, 7) is 13.1. The van der Waals surface area contributed by atoms with Crippen LogP contribution in [0.4, 0.5) is 0 Å². The van der Waals surface area contributed by atoms with E-state index in [2.05, 4.69) is 71.5 Å². The maximum absolute atomic E-state index is 6.77. The standard InChI is InChI=1S/C16H30INOSi/c1-16(2,3)20(4,5)19-15-12-13(9-10-17)18-11-7-6-8-14(15)18/h9-10,13-15H,6-8,11-12H2,1-5H3/b10-9-/t13-,14-,15-/m1/s1. The van der Waals surface area contributed by atoms with Gasteiger partial charge >= 0.3 is 0 Å². The lowest BCUT2D eigenvalue weighted by Crippen LogP contribution is -2.48. The smallest absolute Gasteiger partial charge is 0.192 e. The molecule has 20 heavy (non-hydrogen) atoms.